The maximum Gasteiger partial charge on any atom is 0.278 e. The highest BCUT2D eigenvalue weighted by Gasteiger charge is 2.15. The summed E-state index contributed by atoms with van der Waals surface area (Å²) in [5, 5.41) is 0. The van der Waals surface area contributed by atoms with Gasteiger partial charge in [-0.2, -0.15) is 0 Å². The number of carbonyl (C=O) groups is 1. The Morgan fingerprint density at radius 2 is 1.84 bits per heavy atom. The van der Waals surface area contributed by atoms with E-state index < -0.39 is 11.3 Å². The van der Waals surface area contributed by atoms with Crippen molar-refractivity contribution in [1.82, 2.24) is 15.0 Å². The molecule has 5 heteroatoms. The zero-order valence-corrected chi connectivity index (χ0v) is 9.83. The molecule has 2 aromatic heterocycles. The number of aromatic nitrogens is 3. The number of nitrogens with one attached hydrogen (secondary N) is 1. The summed E-state index contributed by atoms with van der Waals surface area (Å²) in [5.41, 5.74) is 0.640. The number of carbonyl (C=O) groups excluding carboxylic acids is 1. The van der Waals surface area contributed by atoms with Crippen LogP contribution in [0.5, 0.6) is 0 Å². The van der Waals surface area contributed by atoms with E-state index in [-0.39, 0.29) is 5.69 Å². The van der Waals surface area contributed by atoms with Crippen molar-refractivity contribution in [3.05, 3.63) is 70.3 Å². The number of aromatic amines is 1. The minimum absolute atomic E-state index is 0.141. The lowest BCUT2D eigenvalue weighted by atomic mass is 10.1. The third kappa shape index (κ3) is 2.01. The molecular formula is C14H9N3O2. The molecule has 0 aliphatic rings. The van der Waals surface area contributed by atoms with Crippen molar-refractivity contribution in [2.24, 2.45) is 0 Å². The number of nitrogens with zero attached hydrogens (tertiary/aromatic N) is 2. The number of rotatable bonds is 2. The van der Waals surface area contributed by atoms with Gasteiger partial charge in [0.15, 0.2) is 11.3 Å². The van der Waals surface area contributed by atoms with Crippen LogP contribution in [-0.4, -0.2) is 20.7 Å². The second-order valence-electron chi connectivity index (χ2n) is 3.98. The van der Waals surface area contributed by atoms with E-state index in [1.165, 1.54) is 0 Å². The second-order valence-corrected chi connectivity index (χ2v) is 3.98. The zero-order chi connectivity index (χ0) is 13.2. The molecule has 3 aromatic rings. The summed E-state index contributed by atoms with van der Waals surface area (Å²) in [4.78, 5) is 34.8. The SMILES string of the molecule is O=C(c1ccccc1)c1nc2ncccc2[nH]c1=O. The van der Waals surface area contributed by atoms with Crippen molar-refractivity contribution < 1.29 is 4.79 Å². The van der Waals surface area contributed by atoms with Gasteiger partial charge in [0.1, 0.15) is 0 Å². The first-order valence-corrected chi connectivity index (χ1v) is 5.70. The van der Waals surface area contributed by atoms with Gasteiger partial charge in [0.25, 0.3) is 5.56 Å². The maximum atomic E-state index is 12.2. The standard InChI is InChI=1S/C14H9N3O2/c18-12(9-5-2-1-3-6-9)11-14(19)16-10-7-4-8-15-13(10)17-11/h1-8H,(H,16,19). The first-order valence-electron chi connectivity index (χ1n) is 5.70. The third-order valence-electron chi connectivity index (χ3n) is 2.72. The third-order valence-corrected chi connectivity index (χ3v) is 2.72. The fraction of sp³-hybridized carbons (Fsp3) is 0. The minimum Gasteiger partial charge on any atom is -0.317 e. The lowest BCUT2D eigenvalue weighted by Gasteiger charge is -2.01. The molecule has 0 spiro atoms. The summed E-state index contributed by atoms with van der Waals surface area (Å²) in [6.07, 6.45) is 1.56. The quantitative estimate of drug-likeness (QED) is 0.701. The van der Waals surface area contributed by atoms with Crippen molar-refractivity contribution in [3.63, 3.8) is 0 Å². The van der Waals surface area contributed by atoms with E-state index in [1.807, 2.05) is 0 Å². The molecule has 92 valence electrons. The molecule has 0 atom stereocenters. The Morgan fingerprint density at radius 1 is 1.05 bits per heavy atom. The van der Waals surface area contributed by atoms with E-state index in [4.69, 9.17) is 0 Å². The molecule has 1 aromatic carbocycles. The first kappa shape index (κ1) is 11.3. The predicted molar refractivity (Wildman–Crippen MR) is 70.0 cm³/mol. The van der Waals surface area contributed by atoms with Crippen LogP contribution in [-0.2, 0) is 0 Å². The Balaban J connectivity index is 2.18. The molecule has 0 saturated heterocycles. The molecule has 0 saturated carbocycles. The zero-order valence-electron chi connectivity index (χ0n) is 9.83. The van der Waals surface area contributed by atoms with Gasteiger partial charge in [-0.1, -0.05) is 30.3 Å². The molecule has 0 amide bonds. The molecule has 0 bridgehead atoms. The monoisotopic (exact) mass is 251 g/mol. The molecule has 3 rings (SSSR count). The van der Waals surface area contributed by atoms with Crippen molar-refractivity contribution in [2.45, 2.75) is 0 Å². The topological polar surface area (TPSA) is 75.7 Å². The van der Waals surface area contributed by atoms with Gasteiger partial charge in [-0.25, -0.2) is 9.97 Å². The van der Waals surface area contributed by atoms with Gasteiger partial charge < -0.3 is 4.98 Å². The Labute approximate surface area is 108 Å². The fourth-order valence-corrected chi connectivity index (χ4v) is 1.80. The molecule has 0 radical (unpaired) electrons. The molecule has 0 fully saturated rings. The van der Waals surface area contributed by atoms with Gasteiger partial charge in [-0.3, -0.25) is 9.59 Å². The van der Waals surface area contributed by atoms with E-state index >= 15 is 0 Å². The lowest BCUT2D eigenvalue weighted by Crippen LogP contribution is -2.21. The van der Waals surface area contributed by atoms with Crippen LogP contribution in [0.3, 0.4) is 0 Å². The van der Waals surface area contributed by atoms with E-state index in [9.17, 15) is 9.59 Å². The van der Waals surface area contributed by atoms with Gasteiger partial charge in [0.2, 0.25) is 5.78 Å². The largest absolute Gasteiger partial charge is 0.317 e. The second kappa shape index (κ2) is 4.45. The summed E-state index contributed by atoms with van der Waals surface area (Å²) in [6.45, 7) is 0. The highest BCUT2D eigenvalue weighted by atomic mass is 16.1. The number of benzene rings is 1. The van der Waals surface area contributed by atoms with Crippen LogP contribution in [0, 0.1) is 0 Å². The molecule has 5 nitrogen and oxygen atoms in total. The Bertz CT molecular complexity index is 810. The van der Waals surface area contributed by atoms with Crippen LogP contribution in [0.15, 0.2) is 53.5 Å². The number of pyridine rings is 1. The average Bonchev–Trinajstić information content (AvgIpc) is 2.47. The summed E-state index contributed by atoms with van der Waals surface area (Å²) in [6, 6.07) is 11.9. The highest BCUT2D eigenvalue weighted by Crippen LogP contribution is 2.07. The Morgan fingerprint density at radius 3 is 2.63 bits per heavy atom. The number of H-pyrrole nitrogens is 1. The fourth-order valence-electron chi connectivity index (χ4n) is 1.80. The van der Waals surface area contributed by atoms with E-state index in [0.717, 1.165) is 0 Å². The summed E-state index contributed by atoms with van der Waals surface area (Å²) in [7, 11) is 0. The Hall–Kier alpha value is -2.82. The number of ketones is 1. The number of hydrogen-bond donors (Lipinski definition) is 1. The highest BCUT2D eigenvalue weighted by molar-refractivity contribution is 6.07. The molecule has 0 unspecified atom stereocenters. The van der Waals surface area contributed by atoms with Gasteiger partial charge in [0.05, 0.1) is 5.52 Å². The molecular weight excluding hydrogens is 242 g/mol. The van der Waals surface area contributed by atoms with Crippen LogP contribution in [0.4, 0.5) is 0 Å². The van der Waals surface area contributed by atoms with E-state index in [2.05, 4.69) is 15.0 Å². The van der Waals surface area contributed by atoms with E-state index in [0.29, 0.717) is 16.7 Å². The lowest BCUT2D eigenvalue weighted by molar-refractivity contribution is 0.103. The van der Waals surface area contributed by atoms with Gasteiger partial charge in [-0.15, -0.1) is 0 Å². The minimum atomic E-state index is -0.505. The van der Waals surface area contributed by atoms with Gasteiger partial charge >= 0.3 is 0 Å². The maximum absolute atomic E-state index is 12.2. The Kier molecular flexibility index (Phi) is 2.64. The van der Waals surface area contributed by atoms with Crippen LogP contribution < -0.4 is 5.56 Å². The molecule has 2 heterocycles. The average molecular weight is 251 g/mol. The van der Waals surface area contributed by atoms with Crippen molar-refractivity contribution in [3.8, 4) is 0 Å². The summed E-state index contributed by atoms with van der Waals surface area (Å²) >= 11 is 0. The van der Waals surface area contributed by atoms with Crippen molar-refractivity contribution in [1.29, 1.82) is 0 Å². The molecule has 0 aliphatic heterocycles. The van der Waals surface area contributed by atoms with Gasteiger partial charge in [-0.05, 0) is 12.1 Å². The summed E-state index contributed by atoms with van der Waals surface area (Å²) in [5.74, 6) is -0.408. The molecule has 1 N–H and O–H groups in total. The van der Waals surface area contributed by atoms with E-state index in [1.54, 1.807) is 48.7 Å². The van der Waals surface area contributed by atoms with Crippen molar-refractivity contribution >= 4 is 16.9 Å². The van der Waals surface area contributed by atoms with Crippen molar-refractivity contribution in [2.75, 3.05) is 0 Å². The molecule has 0 aliphatic carbocycles. The van der Waals surface area contributed by atoms with Crippen LogP contribution in [0.2, 0.25) is 0 Å². The smallest absolute Gasteiger partial charge is 0.278 e. The normalized spacial score (nSPS) is 10.5. The van der Waals surface area contributed by atoms with Gasteiger partial charge in [0, 0.05) is 11.8 Å². The first-order chi connectivity index (χ1) is 9.25. The van der Waals surface area contributed by atoms with Crippen LogP contribution in [0.1, 0.15) is 16.1 Å². The number of fused-ring (bicyclic) bond motifs is 1. The predicted octanol–water partition coefficient (Wildman–Crippen LogP) is 1.55. The van der Waals surface area contributed by atoms with Crippen LogP contribution in [0.25, 0.3) is 11.2 Å². The summed E-state index contributed by atoms with van der Waals surface area (Å²) < 4.78 is 0. The van der Waals surface area contributed by atoms with Crippen LogP contribution >= 0.6 is 0 Å². The molecule has 19 heavy (non-hydrogen) atoms. The number of hydrogen-bond acceptors (Lipinski definition) is 4.